The Hall–Kier alpha value is -1.80. The highest BCUT2D eigenvalue weighted by Crippen LogP contribution is 2.30. The van der Waals surface area contributed by atoms with Gasteiger partial charge in [0.25, 0.3) is 0 Å². The molecule has 0 amide bonds. The second-order valence-electron chi connectivity index (χ2n) is 7.09. The molecule has 0 spiro atoms. The number of nitrogens with zero attached hydrogens (tertiary/aromatic N) is 1. The molecule has 1 saturated heterocycles. The van der Waals surface area contributed by atoms with Crippen LogP contribution in [0.15, 0.2) is 45.6 Å². The molecule has 26 heavy (non-hydrogen) atoms. The Bertz CT molecular complexity index is 992. The Morgan fingerprint density at radius 2 is 1.88 bits per heavy atom. The SMILES string of the molecule is C[N+]1(CCOc2cc(O)c3c(=O)c4ccccc4oc3c2)CCCC1.[I-]. The number of quaternary nitrogens is 1. The van der Waals surface area contributed by atoms with E-state index in [-0.39, 0.29) is 40.5 Å². The molecule has 0 atom stereocenters. The summed E-state index contributed by atoms with van der Waals surface area (Å²) in [5.41, 5.74) is 0.628. The summed E-state index contributed by atoms with van der Waals surface area (Å²) in [6.07, 6.45) is 2.54. The van der Waals surface area contributed by atoms with Crippen LogP contribution in [-0.2, 0) is 0 Å². The van der Waals surface area contributed by atoms with E-state index in [1.807, 2.05) is 6.07 Å². The molecule has 1 aliphatic heterocycles. The van der Waals surface area contributed by atoms with Gasteiger partial charge in [-0.15, -0.1) is 0 Å². The first kappa shape index (κ1) is 19.0. The highest BCUT2D eigenvalue weighted by molar-refractivity contribution is 5.93. The summed E-state index contributed by atoms with van der Waals surface area (Å²) in [7, 11) is 2.25. The van der Waals surface area contributed by atoms with Crippen molar-refractivity contribution in [3.8, 4) is 11.5 Å². The van der Waals surface area contributed by atoms with Crippen molar-refractivity contribution in [3.05, 3.63) is 46.6 Å². The van der Waals surface area contributed by atoms with Crippen LogP contribution in [0, 0.1) is 0 Å². The minimum atomic E-state index is -0.226. The van der Waals surface area contributed by atoms with E-state index in [2.05, 4.69) is 7.05 Å². The average Bonchev–Trinajstić information content (AvgIpc) is 3.01. The Labute approximate surface area is 168 Å². The van der Waals surface area contributed by atoms with E-state index in [9.17, 15) is 9.90 Å². The van der Waals surface area contributed by atoms with Crippen molar-refractivity contribution in [2.24, 2.45) is 0 Å². The average molecular weight is 467 g/mol. The zero-order valence-electron chi connectivity index (χ0n) is 14.7. The largest absolute Gasteiger partial charge is 1.00 e. The molecule has 2 aromatic carbocycles. The maximum Gasteiger partial charge on any atom is 0.204 e. The van der Waals surface area contributed by atoms with E-state index in [0.29, 0.717) is 28.9 Å². The van der Waals surface area contributed by atoms with Crippen molar-refractivity contribution in [2.75, 3.05) is 33.3 Å². The summed E-state index contributed by atoms with van der Waals surface area (Å²) in [5, 5.41) is 11.0. The third-order valence-corrected chi connectivity index (χ3v) is 5.18. The fourth-order valence-electron chi connectivity index (χ4n) is 3.67. The Morgan fingerprint density at radius 3 is 2.65 bits per heavy atom. The lowest BCUT2D eigenvalue weighted by atomic mass is 10.1. The van der Waals surface area contributed by atoms with Crippen molar-refractivity contribution >= 4 is 21.9 Å². The topological polar surface area (TPSA) is 59.7 Å². The molecular formula is C20H22INO4. The van der Waals surface area contributed by atoms with E-state index >= 15 is 0 Å². The number of benzene rings is 2. The van der Waals surface area contributed by atoms with Crippen LogP contribution in [0.4, 0.5) is 0 Å². The molecule has 6 heteroatoms. The maximum atomic E-state index is 12.6. The van der Waals surface area contributed by atoms with Crippen LogP contribution in [0.1, 0.15) is 12.8 Å². The van der Waals surface area contributed by atoms with Gasteiger partial charge in [0.1, 0.15) is 41.2 Å². The molecule has 0 bridgehead atoms. The number of fused-ring (bicyclic) bond motifs is 2. The molecule has 1 aliphatic rings. The molecule has 1 aromatic heterocycles. The molecule has 3 aromatic rings. The van der Waals surface area contributed by atoms with E-state index in [4.69, 9.17) is 9.15 Å². The van der Waals surface area contributed by atoms with Crippen LogP contribution in [0.2, 0.25) is 0 Å². The number of phenols is 1. The number of rotatable bonds is 4. The Balaban J connectivity index is 0.00000196. The molecule has 0 radical (unpaired) electrons. The number of hydrogen-bond acceptors (Lipinski definition) is 4. The van der Waals surface area contributed by atoms with Crippen molar-refractivity contribution in [3.63, 3.8) is 0 Å². The maximum absolute atomic E-state index is 12.6. The lowest BCUT2D eigenvalue weighted by Crippen LogP contribution is -3.00. The highest BCUT2D eigenvalue weighted by atomic mass is 127. The molecule has 0 unspecified atom stereocenters. The van der Waals surface area contributed by atoms with Gasteiger partial charge in [0, 0.05) is 25.0 Å². The van der Waals surface area contributed by atoms with Crippen LogP contribution < -0.4 is 34.1 Å². The summed E-state index contributed by atoms with van der Waals surface area (Å²) < 4.78 is 12.7. The molecule has 1 N–H and O–H groups in total. The number of para-hydroxylation sites is 1. The molecular weight excluding hydrogens is 445 g/mol. The lowest BCUT2D eigenvalue weighted by molar-refractivity contribution is -0.897. The molecule has 2 heterocycles. The first-order valence-electron chi connectivity index (χ1n) is 8.71. The van der Waals surface area contributed by atoms with Gasteiger partial charge in [-0.25, -0.2) is 0 Å². The third-order valence-electron chi connectivity index (χ3n) is 5.18. The summed E-state index contributed by atoms with van der Waals surface area (Å²) >= 11 is 0. The number of likely N-dealkylation sites (tertiary alicyclic amines) is 1. The van der Waals surface area contributed by atoms with Gasteiger partial charge < -0.3 is 42.7 Å². The molecule has 4 rings (SSSR count). The van der Waals surface area contributed by atoms with Crippen molar-refractivity contribution in [1.29, 1.82) is 0 Å². The second kappa shape index (κ2) is 7.44. The normalized spacial score (nSPS) is 15.9. The quantitative estimate of drug-likeness (QED) is 0.340. The smallest absolute Gasteiger partial charge is 0.204 e. The van der Waals surface area contributed by atoms with Gasteiger partial charge in [-0.3, -0.25) is 4.79 Å². The van der Waals surface area contributed by atoms with Crippen molar-refractivity contribution in [2.45, 2.75) is 12.8 Å². The van der Waals surface area contributed by atoms with Crippen LogP contribution in [0.3, 0.4) is 0 Å². The fourth-order valence-corrected chi connectivity index (χ4v) is 3.67. The van der Waals surface area contributed by atoms with Gasteiger partial charge in [-0.2, -0.15) is 0 Å². The van der Waals surface area contributed by atoms with Gasteiger partial charge in [-0.1, -0.05) is 12.1 Å². The number of phenolic OH excluding ortho intramolecular Hbond substituents is 1. The summed E-state index contributed by atoms with van der Waals surface area (Å²) in [4.78, 5) is 12.6. The van der Waals surface area contributed by atoms with Crippen molar-refractivity contribution < 1.29 is 42.7 Å². The molecule has 138 valence electrons. The number of halogens is 1. The molecule has 0 aliphatic carbocycles. The van der Waals surface area contributed by atoms with Crippen LogP contribution >= 0.6 is 0 Å². The standard InChI is InChI=1S/C20H21NO4.HI/c1-21(8-4-5-9-21)10-11-24-14-12-16(22)19-18(13-14)25-17-7-3-2-6-15(17)20(19)23;/h2-3,6-7,12-13H,4-5,8-11H2,1H3;1H. The van der Waals surface area contributed by atoms with Gasteiger partial charge >= 0.3 is 0 Å². The van der Waals surface area contributed by atoms with Crippen LogP contribution in [-0.4, -0.2) is 42.9 Å². The van der Waals surface area contributed by atoms with E-state index < -0.39 is 0 Å². The Kier molecular flexibility index (Phi) is 5.43. The van der Waals surface area contributed by atoms with Gasteiger partial charge in [0.15, 0.2) is 0 Å². The number of hydrogen-bond donors (Lipinski definition) is 1. The summed E-state index contributed by atoms with van der Waals surface area (Å²) in [6.45, 7) is 3.88. The number of aromatic hydroxyl groups is 1. The zero-order valence-corrected chi connectivity index (χ0v) is 16.9. The number of ether oxygens (including phenoxy) is 1. The summed E-state index contributed by atoms with van der Waals surface area (Å²) in [6, 6.07) is 10.2. The first-order chi connectivity index (χ1) is 12.1. The summed E-state index contributed by atoms with van der Waals surface area (Å²) in [5.74, 6) is 0.419. The monoisotopic (exact) mass is 467 g/mol. The highest BCUT2D eigenvalue weighted by Gasteiger charge is 2.26. The molecule has 5 nitrogen and oxygen atoms in total. The fraction of sp³-hybridized carbons (Fsp3) is 0.350. The first-order valence-corrected chi connectivity index (χ1v) is 8.71. The lowest BCUT2D eigenvalue weighted by Gasteiger charge is -2.28. The molecule has 0 saturated carbocycles. The molecule has 1 fully saturated rings. The van der Waals surface area contributed by atoms with Gasteiger partial charge in [0.05, 0.1) is 25.5 Å². The van der Waals surface area contributed by atoms with Crippen LogP contribution in [0.5, 0.6) is 11.5 Å². The van der Waals surface area contributed by atoms with E-state index in [0.717, 1.165) is 11.0 Å². The minimum absolute atomic E-state index is 0. The van der Waals surface area contributed by atoms with Gasteiger partial charge in [0.2, 0.25) is 5.43 Å². The third kappa shape index (κ3) is 3.53. The minimum Gasteiger partial charge on any atom is -1.00 e. The Morgan fingerprint density at radius 1 is 1.15 bits per heavy atom. The van der Waals surface area contributed by atoms with E-state index in [1.165, 1.54) is 32.0 Å². The van der Waals surface area contributed by atoms with Gasteiger partial charge in [-0.05, 0) is 12.1 Å². The van der Waals surface area contributed by atoms with Crippen molar-refractivity contribution in [1.82, 2.24) is 0 Å². The van der Waals surface area contributed by atoms with E-state index in [1.54, 1.807) is 24.3 Å². The predicted octanol–water partition coefficient (Wildman–Crippen LogP) is 0.275. The van der Waals surface area contributed by atoms with Crippen LogP contribution in [0.25, 0.3) is 21.9 Å². The number of likely N-dealkylation sites (N-methyl/N-ethyl adjacent to an activating group) is 1. The second-order valence-corrected chi connectivity index (χ2v) is 7.09. The zero-order chi connectivity index (χ0) is 17.4. The predicted molar refractivity (Wildman–Crippen MR) is 97.2 cm³/mol.